The molecule has 1 saturated heterocycles. The van der Waals surface area contributed by atoms with E-state index in [0.29, 0.717) is 5.69 Å². The highest BCUT2D eigenvalue weighted by atomic mass is 19.1. The fourth-order valence-corrected chi connectivity index (χ4v) is 2.59. The molecule has 0 unspecified atom stereocenters. The Morgan fingerprint density at radius 2 is 1.41 bits per heavy atom. The molecule has 1 heterocycles. The Morgan fingerprint density at radius 1 is 0.889 bits per heavy atom. The number of halogens is 2. The van der Waals surface area contributed by atoms with Crippen LogP contribution in [0.5, 0.6) is 0 Å². The summed E-state index contributed by atoms with van der Waals surface area (Å²) in [6, 6.07) is 9.03. The van der Waals surface area contributed by atoms with Gasteiger partial charge in [-0.05, 0) is 64.1 Å². The van der Waals surface area contributed by atoms with Gasteiger partial charge in [-0.3, -0.25) is 0 Å². The van der Waals surface area contributed by atoms with Gasteiger partial charge in [0, 0.05) is 16.8 Å². The molecule has 0 spiro atoms. The first-order valence-corrected chi connectivity index (χ1v) is 8.56. The van der Waals surface area contributed by atoms with Crippen LogP contribution >= 0.6 is 0 Å². The molecule has 5 nitrogen and oxygen atoms in total. The minimum atomic E-state index is -0.822. The van der Waals surface area contributed by atoms with Crippen LogP contribution in [0.25, 0.3) is 0 Å². The summed E-state index contributed by atoms with van der Waals surface area (Å²) in [7, 11) is -0.822. The van der Waals surface area contributed by atoms with Gasteiger partial charge in [0.05, 0.1) is 11.2 Å². The van der Waals surface area contributed by atoms with Crippen LogP contribution in [0.3, 0.4) is 0 Å². The highest BCUT2D eigenvalue weighted by Crippen LogP contribution is 2.36. The number of benzene rings is 2. The standard InChI is InChI=1S/C19H21BF2N2O3/c1-18(2)19(3,4)27-20(26-18)15-10-9-14(11-16(15)22)24-17(25)23-13-7-5-12(21)6-8-13/h5-11H,1-4H3,(H2,23,24,25). The van der Waals surface area contributed by atoms with Gasteiger partial charge in [-0.2, -0.15) is 0 Å². The maximum Gasteiger partial charge on any atom is 0.497 e. The van der Waals surface area contributed by atoms with E-state index in [4.69, 9.17) is 9.31 Å². The van der Waals surface area contributed by atoms with Crippen LogP contribution in [0.1, 0.15) is 27.7 Å². The Kier molecular flexibility index (Phi) is 4.97. The van der Waals surface area contributed by atoms with Gasteiger partial charge in [-0.15, -0.1) is 0 Å². The monoisotopic (exact) mass is 374 g/mol. The van der Waals surface area contributed by atoms with Crippen LogP contribution in [-0.2, 0) is 9.31 Å². The third-order valence-electron chi connectivity index (χ3n) is 4.87. The van der Waals surface area contributed by atoms with Crippen LogP contribution in [0, 0.1) is 11.6 Å². The van der Waals surface area contributed by atoms with Crippen molar-refractivity contribution in [3.63, 3.8) is 0 Å². The normalized spacial score (nSPS) is 17.6. The number of urea groups is 1. The van der Waals surface area contributed by atoms with Crippen molar-refractivity contribution in [2.75, 3.05) is 10.6 Å². The van der Waals surface area contributed by atoms with Crippen molar-refractivity contribution < 1.29 is 22.9 Å². The maximum atomic E-state index is 14.6. The molecule has 8 heteroatoms. The summed E-state index contributed by atoms with van der Waals surface area (Å²) in [6.45, 7) is 7.56. The second-order valence-corrected chi connectivity index (χ2v) is 7.41. The topological polar surface area (TPSA) is 59.6 Å². The van der Waals surface area contributed by atoms with Crippen LogP contribution in [-0.4, -0.2) is 24.4 Å². The first-order chi connectivity index (χ1) is 12.6. The van der Waals surface area contributed by atoms with Crippen LogP contribution in [0.4, 0.5) is 25.0 Å². The molecule has 0 atom stereocenters. The predicted octanol–water partition coefficient (Wildman–Crippen LogP) is 3.91. The van der Waals surface area contributed by atoms with E-state index in [1.165, 1.54) is 36.4 Å². The molecule has 1 aliphatic rings. The summed E-state index contributed by atoms with van der Waals surface area (Å²) in [5.74, 6) is -0.950. The van der Waals surface area contributed by atoms with E-state index >= 15 is 0 Å². The molecule has 2 N–H and O–H groups in total. The Hall–Kier alpha value is -2.45. The number of nitrogens with one attached hydrogen (secondary N) is 2. The zero-order valence-electron chi connectivity index (χ0n) is 15.6. The summed E-state index contributed by atoms with van der Waals surface area (Å²) < 4.78 is 39.1. The summed E-state index contributed by atoms with van der Waals surface area (Å²) in [5, 5.41) is 5.07. The van der Waals surface area contributed by atoms with E-state index < -0.39 is 36.0 Å². The Labute approximate surface area is 157 Å². The van der Waals surface area contributed by atoms with Crippen molar-refractivity contribution in [3.05, 3.63) is 54.1 Å². The molecule has 0 aliphatic carbocycles. The van der Waals surface area contributed by atoms with E-state index in [-0.39, 0.29) is 11.2 Å². The van der Waals surface area contributed by atoms with E-state index in [1.807, 2.05) is 27.7 Å². The van der Waals surface area contributed by atoms with Gasteiger partial charge >= 0.3 is 13.1 Å². The zero-order valence-corrected chi connectivity index (χ0v) is 15.6. The van der Waals surface area contributed by atoms with Crippen LogP contribution in [0.2, 0.25) is 0 Å². The Bertz CT molecular complexity index is 841. The molecule has 1 fully saturated rings. The molecule has 3 rings (SSSR count). The fraction of sp³-hybridized carbons (Fsp3) is 0.316. The van der Waals surface area contributed by atoms with Crippen molar-refractivity contribution in [1.82, 2.24) is 0 Å². The average Bonchev–Trinajstić information content (AvgIpc) is 2.77. The highest BCUT2D eigenvalue weighted by Gasteiger charge is 2.52. The molecule has 2 aromatic carbocycles. The lowest BCUT2D eigenvalue weighted by Gasteiger charge is -2.32. The van der Waals surface area contributed by atoms with Gasteiger partial charge in [-0.25, -0.2) is 13.6 Å². The van der Waals surface area contributed by atoms with Crippen molar-refractivity contribution in [2.24, 2.45) is 0 Å². The number of carbonyl (C=O) groups excluding carboxylic acids is 1. The molecular formula is C19H21BF2N2O3. The third kappa shape index (κ3) is 4.12. The molecule has 27 heavy (non-hydrogen) atoms. The van der Waals surface area contributed by atoms with Gasteiger partial charge < -0.3 is 19.9 Å². The molecular weight excluding hydrogens is 353 g/mol. The molecule has 0 radical (unpaired) electrons. The molecule has 2 aromatic rings. The van der Waals surface area contributed by atoms with Crippen molar-refractivity contribution in [2.45, 2.75) is 38.9 Å². The SMILES string of the molecule is CC1(C)OB(c2ccc(NC(=O)Nc3ccc(F)cc3)cc2F)OC1(C)C. The lowest BCUT2D eigenvalue weighted by molar-refractivity contribution is 0.00578. The van der Waals surface area contributed by atoms with E-state index in [1.54, 1.807) is 6.07 Å². The summed E-state index contributed by atoms with van der Waals surface area (Å²) in [5.41, 5.74) is -0.194. The fourth-order valence-electron chi connectivity index (χ4n) is 2.59. The number of anilines is 2. The van der Waals surface area contributed by atoms with Crippen molar-refractivity contribution in [1.29, 1.82) is 0 Å². The largest absolute Gasteiger partial charge is 0.497 e. The number of hydrogen-bond acceptors (Lipinski definition) is 3. The molecule has 0 bridgehead atoms. The summed E-state index contributed by atoms with van der Waals surface area (Å²) in [4.78, 5) is 12.0. The zero-order chi connectivity index (χ0) is 19.8. The minimum absolute atomic E-state index is 0.262. The number of carbonyl (C=O) groups is 1. The first kappa shape index (κ1) is 19.3. The number of amides is 2. The molecule has 1 aliphatic heterocycles. The van der Waals surface area contributed by atoms with E-state index in [9.17, 15) is 13.6 Å². The summed E-state index contributed by atoms with van der Waals surface area (Å²) >= 11 is 0. The number of hydrogen-bond donors (Lipinski definition) is 2. The third-order valence-corrected chi connectivity index (χ3v) is 4.87. The smallest absolute Gasteiger partial charge is 0.399 e. The van der Waals surface area contributed by atoms with E-state index in [2.05, 4.69) is 10.6 Å². The summed E-state index contributed by atoms with van der Waals surface area (Å²) in [6.07, 6.45) is 0. The van der Waals surface area contributed by atoms with Crippen molar-refractivity contribution in [3.8, 4) is 0 Å². The Morgan fingerprint density at radius 3 is 1.96 bits per heavy atom. The second-order valence-electron chi connectivity index (χ2n) is 7.41. The lowest BCUT2D eigenvalue weighted by Crippen LogP contribution is -2.41. The van der Waals surface area contributed by atoms with Gasteiger partial charge in [0.1, 0.15) is 11.6 Å². The molecule has 142 valence electrons. The molecule has 2 amide bonds. The van der Waals surface area contributed by atoms with Gasteiger partial charge in [-0.1, -0.05) is 6.07 Å². The van der Waals surface area contributed by atoms with Gasteiger partial charge in [0.15, 0.2) is 0 Å². The van der Waals surface area contributed by atoms with E-state index in [0.717, 1.165) is 0 Å². The van der Waals surface area contributed by atoms with Crippen molar-refractivity contribution >= 4 is 30.0 Å². The first-order valence-electron chi connectivity index (χ1n) is 8.56. The number of rotatable bonds is 3. The van der Waals surface area contributed by atoms with Gasteiger partial charge in [0.2, 0.25) is 0 Å². The lowest BCUT2D eigenvalue weighted by atomic mass is 9.78. The highest BCUT2D eigenvalue weighted by molar-refractivity contribution is 6.62. The maximum absolute atomic E-state index is 14.6. The molecule has 0 saturated carbocycles. The quantitative estimate of drug-likeness (QED) is 0.801. The predicted molar refractivity (Wildman–Crippen MR) is 101 cm³/mol. The molecule has 0 aromatic heterocycles. The Balaban J connectivity index is 1.68. The van der Waals surface area contributed by atoms with Crippen LogP contribution < -0.4 is 16.1 Å². The average molecular weight is 374 g/mol. The van der Waals surface area contributed by atoms with Crippen LogP contribution in [0.15, 0.2) is 42.5 Å². The van der Waals surface area contributed by atoms with Gasteiger partial charge in [0.25, 0.3) is 0 Å². The second kappa shape index (κ2) is 6.94. The minimum Gasteiger partial charge on any atom is -0.399 e.